The number of hydrogen-bond donors (Lipinski definition) is 1. The van der Waals surface area contributed by atoms with E-state index in [0.29, 0.717) is 6.04 Å². The average molecular weight is 271 g/mol. The van der Waals surface area contributed by atoms with Crippen LogP contribution in [0.3, 0.4) is 0 Å². The molecule has 108 valence electrons. The maximum absolute atomic E-state index is 6.50. The molecule has 2 aromatic rings. The minimum atomic E-state index is -0.386. The summed E-state index contributed by atoms with van der Waals surface area (Å²) in [4.78, 5) is 0. The Kier molecular flexibility index (Phi) is 4.29. The molecule has 1 aromatic heterocycles. The molecule has 3 heteroatoms. The first-order chi connectivity index (χ1) is 9.42. The molecule has 0 aliphatic carbocycles. The number of rotatable bonds is 5. The van der Waals surface area contributed by atoms with Crippen LogP contribution in [0.25, 0.3) is 0 Å². The molecule has 0 radical (unpaired) electrons. The molecule has 0 saturated carbocycles. The van der Waals surface area contributed by atoms with Crippen LogP contribution in [-0.2, 0) is 18.4 Å². The van der Waals surface area contributed by atoms with Crippen molar-refractivity contribution < 1.29 is 0 Å². The van der Waals surface area contributed by atoms with Crippen molar-refractivity contribution in [2.75, 3.05) is 0 Å². The Morgan fingerprint density at radius 3 is 2.35 bits per heavy atom. The van der Waals surface area contributed by atoms with Crippen molar-refractivity contribution in [1.29, 1.82) is 0 Å². The lowest BCUT2D eigenvalue weighted by atomic mass is 9.88. The van der Waals surface area contributed by atoms with E-state index in [0.717, 1.165) is 24.1 Å². The fraction of sp³-hybridized carbons (Fsp3) is 0.471. The van der Waals surface area contributed by atoms with Crippen molar-refractivity contribution in [2.45, 2.75) is 52.1 Å². The van der Waals surface area contributed by atoms with E-state index in [-0.39, 0.29) is 5.54 Å². The second-order valence-corrected chi connectivity index (χ2v) is 6.03. The first-order valence-corrected chi connectivity index (χ1v) is 7.34. The van der Waals surface area contributed by atoms with Gasteiger partial charge in [0.15, 0.2) is 0 Å². The van der Waals surface area contributed by atoms with Gasteiger partial charge < -0.3 is 5.73 Å². The first-order valence-electron chi connectivity index (χ1n) is 7.34. The van der Waals surface area contributed by atoms with Crippen LogP contribution in [0.2, 0.25) is 0 Å². The number of nitrogens with zero attached hydrogens (tertiary/aromatic N) is 2. The monoisotopic (exact) mass is 271 g/mol. The van der Waals surface area contributed by atoms with Crippen LogP contribution in [0.4, 0.5) is 0 Å². The van der Waals surface area contributed by atoms with Crippen LogP contribution in [0.1, 0.15) is 50.6 Å². The van der Waals surface area contributed by atoms with Gasteiger partial charge in [-0.2, -0.15) is 5.10 Å². The SMILES string of the molecule is CCc1ccc(C(C)(N)Cc2ccn(C(C)C)n2)cc1. The molecule has 20 heavy (non-hydrogen) atoms. The van der Waals surface area contributed by atoms with E-state index in [2.05, 4.69) is 63.1 Å². The molecule has 1 heterocycles. The summed E-state index contributed by atoms with van der Waals surface area (Å²) >= 11 is 0. The third kappa shape index (κ3) is 3.28. The molecular weight excluding hydrogens is 246 g/mol. The van der Waals surface area contributed by atoms with E-state index in [4.69, 9.17) is 5.73 Å². The topological polar surface area (TPSA) is 43.8 Å². The highest BCUT2D eigenvalue weighted by molar-refractivity contribution is 5.29. The van der Waals surface area contributed by atoms with Crippen LogP contribution in [0.5, 0.6) is 0 Å². The van der Waals surface area contributed by atoms with Gasteiger partial charge in [0.05, 0.1) is 5.69 Å². The second kappa shape index (κ2) is 5.80. The van der Waals surface area contributed by atoms with E-state index in [1.807, 2.05) is 10.9 Å². The standard InChI is InChI=1S/C17H25N3/c1-5-14-6-8-15(9-7-14)17(4,18)12-16-10-11-20(19-16)13(2)3/h6-11,13H,5,12,18H2,1-4H3. The Bertz CT molecular complexity index is 550. The van der Waals surface area contributed by atoms with E-state index < -0.39 is 0 Å². The summed E-state index contributed by atoms with van der Waals surface area (Å²) < 4.78 is 1.98. The fourth-order valence-electron chi connectivity index (χ4n) is 2.36. The zero-order valence-corrected chi connectivity index (χ0v) is 12.9. The molecule has 2 N–H and O–H groups in total. The predicted octanol–water partition coefficient (Wildman–Crippen LogP) is 3.44. The average Bonchev–Trinajstić information content (AvgIpc) is 2.87. The molecule has 1 aromatic carbocycles. The smallest absolute Gasteiger partial charge is 0.0646 e. The Morgan fingerprint density at radius 2 is 1.85 bits per heavy atom. The molecular formula is C17H25N3. The lowest BCUT2D eigenvalue weighted by Gasteiger charge is -2.24. The normalized spacial score (nSPS) is 14.5. The highest BCUT2D eigenvalue weighted by Crippen LogP contribution is 2.23. The van der Waals surface area contributed by atoms with Crippen molar-refractivity contribution in [2.24, 2.45) is 5.73 Å². The quantitative estimate of drug-likeness (QED) is 0.905. The van der Waals surface area contributed by atoms with Crippen molar-refractivity contribution in [3.63, 3.8) is 0 Å². The van der Waals surface area contributed by atoms with Crippen LogP contribution < -0.4 is 5.73 Å². The highest BCUT2D eigenvalue weighted by atomic mass is 15.3. The number of nitrogens with two attached hydrogens (primary N) is 1. The Balaban J connectivity index is 2.16. The van der Waals surface area contributed by atoms with Gasteiger partial charge in [0.25, 0.3) is 0 Å². The molecule has 1 unspecified atom stereocenters. The lowest BCUT2D eigenvalue weighted by molar-refractivity contribution is 0.469. The summed E-state index contributed by atoms with van der Waals surface area (Å²) in [6.45, 7) is 8.49. The summed E-state index contributed by atoms with van der Waals surface area (Å²) in [5.41, 5.74) is 9.66. The predicted molar refractivity (Wildman–Crippen MR) is 83.7 cm³/mol. The second-order valence-electron chi connectivity index (χ2n) is 6.03. The van der Waals surface area contributed by atoms with Gasteiger partial charge in [0, 0.05) is 24.2 Å². The molecule has 0 aliphatic heterocycles. The van der Waals surface area contributed by atoms with Gasteiger partial charge in [-0.1, -0.05) is 31.2 Å². The molecule has 1 atom stereocenters. The summed E-state index contributed by atoms with van der Waals surface area (Å²) in [6.07, 6.45) is 3.83. The third-order valence-electron chi connectivity index (χ3n) is 3.76. The van der Waals surface area contributed by atoms with E-state index in [9.17, 15) is 0 Å². The first kappa shape index (κ1) is 14.8. The molecule has 0 saturated heterocycles. The number of aromatic nitrogens is 2. The molecule has 0 aliphatic rings. The minimum absolute atomic E-state index is 0.386. The van der Waals surface area contributed by atoms with Crippen molar-refractivity contribution in [1.82, 2.24) is 9.78 Å². The van der Waals surface area contributed by atoms with Crippen LogP contribution in [0.15, 0.2) is 36.5 Å². The zero-order valence-electron chi connectivity index (χ0n) is 12.9. The van der Waals surface area contributed by atoms with Crippen molar-refractivity contribution in [3.05, 3.63) is 53.3 Å². The van der Waals surface area contributed by atoms with Gasteiger partial charge in [-0.15, -0.1) is 0 Å². The number of aryl methyl sites for hydroxylation is 1. The van der Waals surface area contributed by atoms with Crippen LogP contribution in [0, 0.1) is 0 Å². The fourth-order valence-corrected chi connectivity index (χ4v) is 2.36. The maximum atomic E-state index is 6.50. The Morgan fingerprint density at radius 1 is 1.20 bits per heavy atom. The maximum Gasteiger partial charge on any atom is 0.0646 e. The van der Waals surface area contributed by atoms with E-state index in [1.54, 1.807) is 0 Å². The van der Waals surface area contributed by atoms with E-state index >= 15 is 0 Å². The van der Waals surface area contributed by atoms with Gasteiger partial charge in [0.1, 0.15) is 0 Å². The molecule has 0 spiro atoms. The number of benzene rings is 1. The van der Waals surface area contributed by atoms with Crippen LogP contribution in [-0.4, -0.2) is 9.78 Å². The van der Waals surface area contributed by atoms with Gasteiger partial charge in [-0.3, -0.25) is 4.68 Å². The Labute approximate surface area is 121 Å². The molecule has 3 nitrogen and oxygen atoms in total. The molecule has 0 amide bonds. The zero-order chi connectivity index (χ0) is 14.8. The van der Waals surface area contributed by atoms with Gasteiger partial charge >= 0.3 is 0 Å². The van der Waals surface area contributed by atoms with Gasteiger partial charge in [0.2, 0.25) is 0 Å². The number of hydrogen-bond acceptors (Lipinski definition) is 2. The minimum Gasteiger partial charge on any atom is -0.321 e. The van der Waals surface area contributed by atoms with E-state index in [1.165, 1.54) is 5.56 Å². The van der Waals surface area contributed by atoms with Gasteiger partial charge in [-0.25, -0.2) is 0 Å². The summed E-state index contributed by atoms with van der Waals surface area (Å²) in [7, 11) is 0. The highest BCUT2D eigenvalue weighted by Gasteiger charge is 2.23. The summed E-state index contributed by atoms with van der Waals surface area (Å²) in [6, 6.07) is 11.0. The molecule has 2 rings (SSSR count). The molecule has 0 bridgehead atoms. The van der Waals surface area contributed by atoms with Crippen molar-refractivity contribution in [3.8, 4) is 0 Å². The summed E-state index contributed by atoms with van der Waals surface area (Å²) in [5.74, 6) is 0. The summed E-state index contributed by atoms with van der Waals surface area (Å²) in [5, 5.41) is 4.59. The third-order valence-corrected chi connectivity index (χ3v) is 3.76. The lowest BCUT2D eigenvalue weighted by Crippen LogP contribution is -2.35. The van der Waals surface area contributed by atoms with Gasteiger partial charge in [-0.05, 0) is 44.4 Å². The van der Waals surface area contributed by atoms with Crippen LogP contribution >= 0.6 is 0 Å². The van der Waals surface area contributed by atoms with Crippen molar-refractivity contribution >= 4 is 0 Å². The largest absolute Gasteiger partial charge is 0.321 e. The Hall–Kier alpha value is -1.61. The molecule has 0 fully saturated rings.